The van der Waals surface area contributed by atoms with Crippen LogP contribution in [-0.4, -0.2) is 12.6 Å². The maximum atomic E-state index is 5.69. The summed E-state index contributed by atoms with van der Waals surface area (Å²) in [5, 5.41) is 3.78. The zero-order valence-corrected chi connectivity index (χ0v) is 11.1. The van der Waals surface area contributed by atoms with Gasteiger partial charge in [-0.1, -0.05) is 39.0 Å². The summed E-state index contributed by atoms with van der Waals surface area (Å²) < 4.78 is 5.69. The molecule has 1 aliphatic rings. The van der Waals surface area contributed by atoms with Gasteiger partial charge in [0.05, 0.1) is 6.61 Å². The summed E-state index contributed by atoms with van der Waals surface area (Å²) in [4.78, 5) is 0. The molecule has 0 spiro atoms. The summed E-state index contributed by atoms with van der Waals surface area (Å²) >= 11 is 0. The van der Waals surface area contributed by atoms with E-state index in [1.54, 1.807) is 0 Å². The van der Waals surface area contributed by atoms with Crippen LogP contribution in [0.2, 0.25) is 0 Å². The molecule has 1 aliphatic heterocycles. The summed E-state index contributed by atoms with van der Waals surface area (Å²) in [6, 6.07) is 9.43. The van der Waals surface area contributed by atoms with E-state index in [-0.39, 0.29) is 0 Å². The maximum Gasteiger partial charge on any atom is 0.124 e. The van der Waals surface area contributed by atoms with Crippen molar-refractivity contribution in [3.63, 3.8) is 0 Å². The Morgan fingerprint density at radius 1 is 1.35 bits per heavy atom. The van der Waals surface area contributed by atoms with Crippen LogP contribution in [-0.2, 0) is 0 Å². The first kappa shape index (κ1) is 12.4. The Balaban J connectivity index is 2.13. The van der Waals surface area contributed by atoms with Crippen LogP contribution >= 0.6 is 0 Å². The first-order chi connectivity index (χ1) is 8.22. The molecule has 1 aromatic carbocycles. The Hall–Kier alpha value is -1.02. The molecule has 0 saturated heterocycles. The number of para-hydroxylation sites is 1. The van der Waals surface area contributed by atoms with E-state index in [0.717, 1.165) is 18.8 Å². The quantitative estimate of drug-likeness (QED) is 0.859. The van der Waals surface area contributed by atoms with Gasteiger partial charge in [0.1, 0.15) is 5.75 Å². The Bertz CT molecular complexity index is 362. The summed E-state index contributed by atoms with van der Waals surface area (Å²) in [6.07, 6.45) is 2.25. The summed E-state index contributed by atoms with van der Waals surface area (Å²) in [5.41, 5.74) is 1.32. The largest absolute Gasteiger partial charge is 0.493 e. The van der Waals surface area contributed by atoms with E-state index in [1.807, 2.05) is 6.07 Å². The molecule has 0 fully saturated rings. The average molecular weight is 233 g/mol. The van der Waals surface area contributed by atoms with Gasteiger partial charge in [-0.3, -0.25) is 0 Å². The van der Waals surface area contributed by atoms with E-state index in [4.69, 9.17) is 4.74 Å². The molecule has 17 heavy (non-hydrogen) atoms. The molecular formula is C15H23NO. The first-order valence-corrected chi connectivity index (χ1v) is 6.70. The number of hydrogen-bond donors (Lipinski definition) is 1. The molecule has 2 unspecified atom stereocenters. The van der Waals surface area contributed by atoms with Crippen LogP contribution in [0.25, 0.3) is 0 Å². The molecule has 1 heterocycles. The van der Waals surface area contributed by atoms with Crippen molar-refractivity contribution in [1.29, 1.82) is 0 Å². The fourth-order valence-electron chi connectivity index (χ4n) is 2.56. The van der Waals surface area contributed by atoms with E-state index < -0.39 is 0 Å². The van der Waals surface area contributed by atoms with Crippen LogP contribution in [0.3, 0.4) is 0 Å². The Morgan fingerprint density at radius 3 is 2.82 bits per heavy atom. The van der Waals surface area contributed by atoms with Crippen molar-refractivity contribution < 1.29 is 4.74 Å². The molecule has 0 aliphatic carbocycles. The topological polar surface area (TPSA) is 21.3 Å². The van der Waals surface area contributed by atoms with Crippen molar-refractivity contribution in [1.82, 2.24) is 5.32 Å². The molecule has 2 rings (SSSR count). The minimum atomic E-state index is 0.451. The van der Waals surface area contributed by atoms with E-state index in [1.165, 1.54) is 12.0 Å². The summed E-state index contributed by atoms with van der Waals surface area (Å²) in [7, 11) is 0. The second-order valence-corrected chi connectivity index (χ2v) is 5.15. The van der Waals surface area contributed by atoms with Crippen molar-refractivity contribution in [2.45, 2.75) is 45.7 Å². The highest BCUT2D eigenvalue weighted by Crippen LogP contribution is 2.32. The zero-order valence-electron chi connectivity index (χ0n) is 11.1. The lowest BCUT2D eigenvalue weighted by Gasteiger charge is -2.31. The number of fused-ring (bicyclic) bond motifs is 1. The smallest absolute Gasteiger partial charge is 0.124 e. The van der Waals surface area contributed by atoms with Gasteiger partial charge in [-0.2, -0.15) is 0 Å². The SMILES string of the molecule is CCC(NC1CCOc2ccccc21)C(C)C. The van der Waals surface area contributed by atoms with Gasteiger partial charge in [-0.05, 0) is 18.4 Å². The number of hydrogen-bond acceptors (Lipinski definition) is 2. The molecule has 94 valence electrons. The number of ether oxygens (including phenoxy) is 1. The Kier molecular flexibility index (Phi) is 4.06. The highest BCUT2D eigenvalue weighted by Gasteiger charge is 2.23. The first-order valence-electron chi connectivity index (χ1n) is 6.70. The standard InChI is InChI=1S/C15H23NO/c1-4-13(11(2)3)16-14-9-10-17-15-8-6-5-7-12(14)15/h5-8,11,13-14,16H,4,9-10H2,1-3H3. The van der Waals surface area contributed by atoms with Gasteiger partial charge in [0.25, 0.3) is 0 Å². The van der Waals surface area contributed by atoms with Crippen LogP contribution < -0.4 is 10.1 Å². The highest BCUT2D eigenvalue weighted by molar-refractivity contribution is 5.37. The molecule has 0 amide bonds. The molecule has 1 aromatic rings. The van der Waals surface area contributed by atoms with E-state index in [0.29, 0.717) is 18.0 Å². The van der Waals surface area contributed by atoms with Crippen molar-refractivity contribution in [2.75, 3.05) is 6.61 Å². The normalized spacial score (nSPS) is 20.8. The summed E-state index contributed by atoms with van der Waals surface area (Å²) in [6.45, 7) is 7.64. The number of rotatable bonds is 4. The summed E-state index contributed by atoms with van der Waals surface area (Å²) in [5.74, 6) is 1.73. The molecule has 1 N–H and O–H groups in total. The minimum absolute atomic E-state index is 0.451. The van der Waals surface area contributed by atoms with Gasteiger partial charge in [-0.25, -0.2) is 0 Å². The van der Waals surface area contributed by atoms with Crippen LogP contribution in [0.4, 0.5) is 0 Å². The molecular weight excluding hydrogens is 210 g/mol. The van der Waals surface area contributed by atoms with Crippen LogP contribution in [0.1, 0.15) is 45.2 Å². The molecule has 0 aromatic heterocycles. The van der Waals surface area contributed by atoms with Gasteiger partial charge < -0.3 is 10.1 Å². The Morgan fingerprint density at radius 2 is 2.12 bits per heavy atom. The van der Waals surface area contributed by atoms with Crippen molar-refractivity contribution in [3.8, 4) is 5.75 Å². The predicted octanol–water partition coefficient (Wildman–Crippen LogP) is 3.53. The van der Waals surface area contributed by atoms with Crippen molar-refractivity contribution in [2.24, 2.45) is 5.92 Å². The number of benzene rings is 1. The van der Waals surface area contributed by atoms with Gasteiger partial charge in [0.2, 0.25) is 0 Å². The lowest BCUT2D eigenvalue weighted by atomic mass is 9.95. The Labute approximate surface area is 104 Å². The third-order valence-corrected chi connectivity index (χ3v) is 3.62. The second-order valence-electron chi connectivity index (χ2n) is 5.15. The van der Waals surface area contributed by atoms with E-state index in [2.05, 4.69) is 44.3 Å². The monoisotopic (exact) mass is 233 g/mol. The fourth-order valence-corrected chi connectivity index (χ4v) is 2.56. The predicted molar refractivity (Wildman–Crippen MR) is 71.3 cm³/mol. The highest BCUT2D eigenvalue weighted by atomic mass is 16.5. The van der Waals surface area contributed by atoms with Gasteiger partial charge in [0.15, 0.2) is 0 Å². The van der Waals surface area contributed by atoms with Gasteiger partial charge >= 0.3 is 0 Å². The molecule has 0 saturated carbocycles. The van der Waals surface area contributed by atoms with Crippen molar-refractivity contribution in [3.05, 3.63) is 29.8 Å². The van der Waals surface area contributed by atoms with Gasteiger partial charge in [-0.15, -0.1) is 0 Å². The van der Waals surface area contributed by atoms with Gasteiger partial charge in [0, 0.05) is 24.1 Å². The molecule has 0 radical (unpaired) electrons. The zero-order chi connectivity index (χ0) is 12.3. The fraction of sp³-hybridized carbons (Fsp3) is 0.600. The second kappa shape index (κ2) is 5.54. The minimum Gasteiger partial charge on any atom is -0.493 e. The molecule has 2 heteroatoms. The van der Waals surface area contributed by atoms with Crippen LogP contribution in [0.5, 0.6) is 5.75 Å². The number of nitrogens with one attached hydrogen (secondary N) is 1. The van der Waals surface area contributed by atoms with Crippen LogP contribution in [0.15, 0.2) is 24.3 Å². The molecule has 0 bridgehead atoms. The van der Waals surface area contributed by atoms with E-state index in [9.17, 15) is 0 Å². The molecule has 2 nitrogen and oxygen atoms in total. The lowest BCUT2D eigenvalue weighted by molar-refractivity contribution is 0.232. The van der Waals surface area contributed by atoms with Crippen LogP contribution in [0, 0.1) is 5.92 Å². The third kappa shape index (κ3) is 2.81. The average Bonchev–Trinajstić information content (AvgIpc) is 2.35. The van der Waals surface area contributed by atoms with E-state index >= 15 is 0 Å². The third-order valence-electron chi connectivity index (χ3n) is 3.62. The van der Waals surface area contributed by atoms with Crippen molar-refractivity contribution >= 4 is 0 Å². The maximum absolute atomic E-state index is 5.69. The molecule has 2 atom stereocenters. The lowest BCUT2D eigenvalue weighted by Crippen LogP contribution is -2.38.